The van der Waals surface area contributed by atoms with Crippen LogP contribution in [0.25, 0.3) is 0 Å². The van der Waals surface area contributed by atoms with E-state index in [0.29, 0.717) is 0 Å². The summed E-state index contributed by atoms with van der Waals surface area (Å²) in [7, 11) is 0. The molecule has 1 aliphatic rings. The van der Waals surface area contributed by atoms with Crippen molar-refractivity contribution in [3.05, 3.63) is 16.1 Å². The molecule has 1 fully saturated rings. The van der Waals surface area contributed by atoms with Crippen LogP contribution < -0.4 is 5.32 Å². The standard InChI is InChI=1S/C15H27N3S/c1-3-4-7-16-10-14-11-17-15(19-14)12-18-8-5-13(2)6-9-18/h11,13,16H,3-10,12H2,1-2H3. The summed E-state index contributed by atoms with van der Waals surface area (Å²) in [6.45, 7) is 10.2. The van der Waals surface area contributed by atoms with Gasteiger partial charge in [-0.05, 0) is 44.8 Å². The first-order valence-corrected chi connectivity index (χ1v) is 8.46. The van der Waals surface area contributed by atoms with Crippen LogP contribution in [0, 0.1) is 5.92 Å². The third-order valence-corrected chi connectivity index (χ3v) is 4.82. The molecule has 19 heavy (non-hydrogen) atoms. The van der Waals surface area contributed by atoms with Gasteiger partial charge in [0.15, 0.2) is 0 Å². The van der Waals surface area contributed by atoms with Gasteiger partial charge in [0, 0.05) is 17.6 Å². The highest BCUT2D eigenvalue weighted by atomic mass is 32.1. The Balaban J connectivity index is 1.71. The third-order valence-electron chi connectivity index (χ3n) is 3.84. The maximum Gasteiger partial charge on any atom is 0.107 e. The Morgan fingerprint density at radius 3 is 2.95 bits per heavy atom. The molecule has 1 aliphatic heterocycles. The van der Waals surface area contributed by atoms with Crippen molar-refractivity contribution in [1.82, 2.24) is 15.2 Å². The van der Waals surface area contributed by atoms with E-state index in [1.165, 1.54) is 48.7 Å². The minimum absolute atomic E-state index is 0.908. The largest absolute Gasteiger partial charge is 0.312 e. The molecule has 0 amide bonds. The number of likely N-dealkylation sites (tertiary alicyclic amines) is 1. The normalized spacial score (nSPS) is 18.0. The van der Waals surface area contributed by atoms with E-state index in [1.807, 2.05) is 17.5 Å². The smallest absolute Gasteiger partial charge is 0.107 e. The molecule has 1 N–H and O–H groups in total. The summed E-state index contributed by atoms with van der Waals surface area (Å²) in [6, 6.07) is 0. The van der Waals surface area contributed by atoms with Gasteiger partial charge in [0.2, 0.25) is 0 Å². The van der Waals surface area contributed by atoms with Crippen LogP contribution in [0.3, 0.4) is 0 Å². The predicted octanol–water partition coefficient (Wildman–Crippen LogP) is 3.26. The Hall–Kier alpha value is -0.450. The lowest BCUT2D eigenvalue weighted by Crippen LogP contribution is -2.32. The molecular weight excluding hydrogens is 254 g/mol. The molecule has 0 atom stereocenters. The molecule has 2 rings (SSSR count). The van der Waals surface area contributed by atoms with E-state index < -0.39 is 0 Å². The fourth-order valence-electron chi connectivity index (χ4n) is 2.43. The van der Waals surface area contributed by atoms with Crippen molar-refractivity contribution in [2.45, 2.75) is 52.6 Å². The van der Waals surface area contributed by atoms with Gasteiger partial charge in [-0.2, -0.15) is 0 Å². The topological polar surface area (TPSA) is 28.2 Å². The van der Waals surface area contributed by atoms with Crippen LogP contribution in [0.1, 0.15) is 49.4 Å². The van der Waals surface area contributed by atoms with E-state index in [1.54, 1.807) is 0 Å². The molecule has 0 saturated carbocycles. The molecule has 0 unspecified atom stereocenters. The van der Waals surface area contributed by atoms with Crippen molar-refractivity contribution in [2.75, 3.05) is 19.6 Å². The number of nitrogens with zero attached hydrogens (tertiary/aromatic N) is 2. The highest BCUT2D eigenvalue weighted by Crippen LogP contribution is 2.20. The number of nitrogens with one attached hydrogen (secondary N) is 1. The third kappa shape index (κ3) is 5.21. The molecule has 4 heteroatoms. The molecule has 108 valence electrons. The number of aromatic nitrogens is 1. The lowest BCUT2D eigenvalue weighted by molar-refractivity contribution is 0.185. The van der Waals surface area contributed by atoms with Gasteiger partial charge in [-0.3, -0.25) is 4.90 Å². The maximum absolute atomic E-state index is 4.57. The van der Waals surface area contributed by atoms with Crippen LogP contribution >= 0.6 is 11.3 Å². The van der Waals surface area contributed by atoms with E-state index in [2.05, 4.69) is 29.0 Å². The monoisotopic (exact) mass is 281 g/mol. The predicted molar refractivity (Wildman–Crippen MR) is 82.4 cm³/mol. The Morgan fingerprint density at radius 2 is 2.21 bits per heavy atom. The quantitative estimate of drug-likeness (QED) is 0.778. The van der Waals surface area contributed by atoms with Crippen molar-refractivity contribution in [3.63, 3.8) is 0 Å². The maximum atomic E-state index is 4.57. The minimum Gasteiger partial charge on any atom is -0.312 e. The second-order valence-corrected chi connectivity index (χ2v) is 6.91. The summed E-state index contributed by atoms with van der Waals surface area (Å²) >= 11 is 1.87. The summed E-state index contributed by atoms with van der Waals surface area (Å²) in [6.07, 6.45) is 7.26. The Kier molecular flexibility index (Phi) is 6.28. The van der Waals surface area contributed by atoms with Crippen molar-refractivity contribution in [1.29, 1.82) is 0 Å². The molecule has 1 saturated heterocycles. The molecule has 3 nitrogen and oxygen atoms in total. The van der Waals surface area contributed by atoms with Crippen LogP contribution in [0.15, 0.2) is 6.20 Å². The van der Waals surface area contributed by atoms with Gasteiger partial charge < -0.3 is 5.32 Å². The minimum atomic E-state index is 0.908. The number of hydrogen-bond acceptors (Lipinski definition) is 4. The summed E-state index contributed by atoms with van der Waals surface area (Å²) in [5.41, 5.74) is 0. The van der Waals surface area contributed by atoms with Crippen molar-refractivity contribution >= 4 is 11.3 Å². The van der Waals surface area contributed by atoms with E-state index in [-0.39, 0.29) is 0 Å². The van der Waals surface area contributed by atoms with Crippen molar-refractivity contribution in [3.8, 4) is 0 Å². The van der Waals surface area contributed by atoms with Crippen LogP contribution in [0.4, 0.5) is 0 Å². The summed E-state index contributed by atoms with van der Waals surface area (Å²) < 4.78 is 0. The average Bonchev–Trinajstić information content (AvgIpc) is 2.85. The number of hydrogen-bond donors (Lipinski definition) is 1. The van der Waals surface area contributed by atoms with E-state index in [0.717, 1.165) is 25.6 Å². The SMILES string of the molecule is CCCCNCc1cnc(CN2CCC(C)CC2)s1. The molecule has 0 bridgehead atoms. The second-order valence-electron chi connectivity index (χ2n) is 5.71. The van der Waals surface area contributed by atoms with E-state index in [4.69, 9.17) is 0 Å². The lowest BCUT2D eigenvalue weighted by Gasteiger charge is -2.29. The second kappa shape index (κ2) is 7.98. The number of rotatable bonds is 7. The Morgan fingerprint density at radius 1 is 1.42 bits per heavy atom. The Bertz CT molecular complexity index is 356. The average molecular weight is 281 g/mol. The first kappa shape index (κ1) is 14.9. The molecular formula is C15H27N3S. The molecule has 0 aliphatic carbocycles. The summed E-state index contributed by atoms with van der Waals surface area (Å²) in [5, 5.41) is 4.76. The van der Waals surface area contributed by atoms with Gasteiger partial charge in [0.05, 0.1) is 6.54 Å². The zero-order chi connectivity index (χ0) is 13.5. The zero-order valence-corrected chi connectivity index (χ0v) is 13.1. The first-order valence-electron chi connectivity index (χ1n) is 7.64. The zero-order valence-electron chi connectivity index (χ0n) is 12.3. The number of thiazole rings is 1. The molecule has 2 heterocycles. The van der Waals surface area contributed by atoms with Crippen molar-refractivity contribution < 1.29 is 0 Å². The van der Waals surface area contributed by atoms with Gasteiger partial charge in [0.1, 0.15) is 5.01 Å². The fraction of sp³-hybridized carbons (Fsp3) is 0.800. The summed E-state index contributed by atoms with van der Waals surface area (Å²) in [5.74, 6) is 0.908. The summed E-state index contributed by atoms with van der Waals surface area (Å²) in [4.78, 5) is 8.49. The van der Waals surface area contributed by atoms with Crippen LogP contribution in [-0.4, -0.2) is 29.5 Å². The number of unbranched alkanes of at least 4 members (excludes halogenated alkanes) is 1. The van der Waals surface area contributed by atoms with Crippen LogP contribution in [0.2, 0.25) is 0 Å². The van der Waals surface area contributed by atoms with Crippen LogP contribution in [0.5, 0.6) is 0 Å². The highest BCUT2D eigenvalue weighted by Gasteiger charge is 2.16. The lowest BCUT2D eigenvalue weighted by atomic mass is 9.99. The highest BCUT2D eigenvalue weighted by molar-refractivity contribution is 7.11. The van der Waals surface area contributed by atoms with E-state index in [9.17, 15) is 0 Å². The van der Waals surface area contributed by atoms with Gasteiger partial charge in [-0.1, -0.05) is 20.3 Å². The van der Waals surface area contributed by atoms with E-state index >= 15 is 0 Å². The molecule has 0 aromatic carbocycles. The molecule has 1 aromatic heterocycles. The number of piperidine rings is 1. The van der Waals surface area contributed by atoms with Gasteiger partial charge in [-0.25, -0.2) is 4.98 Å². The first-order chi connectivity index (χ1) is 9.28. The van der Waals surface area contributed by atoms with Gasteiger partial charge in [0.25, 0.3) is 0 Å². The van der Waals surface area contributed by atoms with Gasteiger partial charge >= 0.3 is 0 Å². The molecule has 0 spiro atoms. The molecule has 1 aromatic rings. The van der Waals surface area contributed by atoms with Crippen LogP contribution in [-0.2, 0) is 13.1 Å². The molecule has 0 radical (unpaired) electrons. The van der Waals surface area contributed by atoms with Crippen molar-refractivity contribution in [2.24, 2.45) is 5.92 Å². The van der Waals surface area contributed by atoms with Gasteiger partial charge in [-0.15, -0.1) is 11.3 Å². The Labute approximate surface area is 121 Å². The fourth-order valence-corrected chi connectivity index (χ4v) is 3.36.